The van der Waals surface area contributed by atoms with Crippen molar-refractivity contribution >= 4 is 35.2 Å². The average molecular weight is 950 g/mol. The fourth-order valence-corrected chi connectivity index (χ4v) is 10.6. The number of piperidine rings is 2. The molecule has 69 heavy (non-hydrogen) atoms. The lowest BCUT2D eigenvalue weighted by Crippen LogP contribution is -2.58. The summed E-state index contributed by atoms with van der Waals surface area (Å²) in [7, 11) is 0. The number of carbonyl (C=O) groups is 5. The molecule has 3 aromatic carbocycles. The number of rotatable bonds is 11. The number of nitrogens with zero attached hydrogens (tertiary/aromatic N) is 8. The number of aromatic nitrogens is 5. The minimum Gasteiger partial charge on any atom is -0.369 e. The molecule has 4 fully saturated rings. The average Bonchev–Trinajstić information content (AvgIpc) is 4.11. The summed E-state index contributed by atoms with van der Waals surface area (Å²) >= 11 is 0. The molecular formula is C49H51F4N11O5. The molecule has 5 aliphatic heterocycles. The highest BCUT2D eigenvalue weighted by Gasteiger charge is 2.51. The standard InChI is InChI=1S/C49H51F4N11O5/c1-27-18-30(8-11-38(27)62-24-31(21-55-62)43(66)54-22-41-56-47(59-58-41)48(2,3)49(51,52)53)29-6-4-28(5-7-29)23-60-25-33-9-10-34(26-60)63(33)32-14-16-61(17-15-32)40-20-36-35(19-37(40)50)45(68)64(46(36)69)39-12-13-42(65)57-44(39)67/h4-8,11,18-21,24,32-34,39H,9-10,12-17,22-23,25-26H2,1-3H3,(H,54,66)(H,56,58,59)(H,57,65,67). The number of hydrogen-bond donors (Lipinski definition) is 3. The highest BCUT2D eigenvalue weighted by Crippen LogP contribution is 2.40. The lowest BCUT2D eigenvalue weighted by molar-refractivity contribution is -0.182. The van der Waals surface area contributed by atoms with Gasteiger partial charge in [0.1, 0.15) is 23.1 Å². The monoisotopic (exact) mass is 949 g/mol. The fraction of sp³-hybridized carbons (Fsp3) is 0.429. The molecule has 7 heterocycles. The van der Waals surface area contributed by atoms with Gasteiger partial charge in [-0.2, -0.15) is 23.4 Å². The first-order valence-electron chi connectivity index (χ1n) is 23.2. The molecule has 2 aromatic heterocycles. The zero-order valence-corrected chi connectivity index (χ0v) is 38.3. The van der Waals surface area contributed by atoms with Crippen LogP contribution in [0.5, 0.6) is 0 Å². The summed E-state index contributed by atoms with van der Waals surface area (Å²) < 4.78 is 57.5. The molecule has 3 atom stereocenters. The number of likely N-dealkylation sites (tertiary alicyclic amines) is 1. The number of anilines is 1. The van der Waals surface area contributed by atoms with Gasteiger partial charge in [0.25, 0.3) is 17.7 Å². The number of aromatic amines is 1. The first-order valence-corrected chi connectivity index (χ1v) is 23.2. The van der Waals surface area contributed by atoms with Crippen molar-refractivity contribution in [1.82, 2.24) is 50.3 Å². The van der Waals surface area contributed by atoms with E-state index in [0.29, 0.717) is 31.2 Å². The summed E-state index contributed by atoms with van der Waals surface area (Å²) in [6.45, 7) is 7.78. The number of amides is 5. The number of alkyl halides is 3. The van der Waals surface area contributed by atoms with Gasteiger partial charge in [0, 0.05) is 63.5 Å². The van der Waals surface area contributed by atoms with E-state index in [1.165, 1.54) is 17.8 Å². The first-order chi connectivity index (χ1) is 32.9. The predicted octanol–water partition coefficient (Wildman–Crippen LogP) is 5.59. The predicted molar refractivity (Wildman–Crippen MR) is 243 cm³/mol. The van der Waals surface area contributed by atoms with Gasteiger partial charge < -0.3 is 10.2 Å². The summed E-state index contributed by atoms with van der Waals surface area (Å²) in [5.74, 6) is -3.88. The molecule has 2 bridgehead atoms. The van der Waals surface area contributed by atoms with Crippen LogP contribution in [-0.2, 0) is 28.1 Å². The van der Waals surface area contributed by atoms with E-state index < -0.39 is 58.8 Å². The molecule has 5 aliphatic rings. The van der Waals surface area contributed by atoms with Gasteiger partial charge >= 0.3 is 6.18 Å². The van der Waals surface area contributed by atoms with Crippen LogP contribution < -0.4 is 15.5 Å². The lowest BCUT2D eigenvalue weighted by Gasteiger charge is -2.47. The van der Waals surface area contributed by atoms with E-state index in [9.17, 15) is 37.1 Å². The number of benzene rings is 3. The van der Waals surface area contributed by atoms with Crippen molar-refractivity contribution in [2.45, 2.75) is 108 Å². The summed E-state index contributed by atoms with van der Waals surface area (Å²) in [5.41, 5.74) is 3.36. The van der Waals surface area contributed by atoms with Gasteiger partial charge in [0.05, 0.1) is 40.8 Å². The van der Waals surface area contributed by atoms with E-state index in [0.717, 1.165) is 92.5 Å². The van der Waals surface area contributed by atoms with Crippen molar-refractivity contribution in [3.63, 3.8) is 0 Å². The molecule has 0 spiro atoms. The minimum atomic E-state index is -4.54. The number of imide groups is 2. The van der Waals surface area contributed by atoms with Crippen LogP contribution in [0.3, 0.4) is 0 Å². The molecule has 360 valence electrons. The molecule has 0 aliphatic carbocycles. The molecule has 0 radical (unpaired) electrons. The van der Waals surface area contributed by atoms with E-state index in [-0.39, 0.29) is 47.6 Å². The zero-order valence-electron chi connectivity index (χ0n) is 38.3. The van der Waals surface area contributed by atoms with Gasteiger partial charge in [-0.05, 0) is 99.4 Å². The summed E-state index contributed by atoms with van der Waals surface area (Å²) in [6, 6.07) is 17.3. The van der Waals surface area contributed by atoms with Crippen LogP contribution in [-0.4, -0.2) is 126 Å². The Kier molecular flexibility index (Phi) is 11.7. The van der Waals surface area contributed by atoms with Crippen LogP contribution in [0.4, 0.5) is 23.2 Å². The van der Waals surface area contributed by atoms with Crippen LogP contribution in [0.1, 0.15) is 106 Å². The third-order valence-corrected chi connectivity index (χ3v) is 14.5. The number of halogens is 4. The van der Waals surface area contributed by atoms with Gasteiger partial charge in [0.15, 0.2) is 5.82 Å². The van der Waals surface area contributed by atoms with Crippen molar-refractivity contribution in [3.05, 3.63) is 112 Å². The van der Waals surface area contributed by atoms with Crippen LogP contribution in [0, 0.1) is 12.7 Å². The highest BCUT2D eigenvalue weighted by atomic mass is 19.4. The number of H-pyrrole nitrogens is 1. The van der Waals surface area contributed by atoms with Crippen LogP contribution in [0.15, 0.2) is 67.0 Å². The fourth-order valence-electron chi connectivity index (χ4n) is 10.6. The van der Waals surface area contributed by atoms with Gasteiger partial charge in [-0.1, -0.05) is 30.3 Å². The Morgan fingerprint density at radius 2 is 1.52 bits per heavy atom. The van der Waals surface area contributed by atoms with E-state index in [1.807, 2.05) is 24.0 Å². The maximum Gasteiger partial charge on any atom is 0.401 e. The maximum atomic E-state index is 15.6. The van der Waals surface area contributed by atoms with Crippen LogP contribution in [0.25, 0.3) is 16.8 Å². The Bertz CT molecular complexity index is 2860. The number of carbonyl (C=O) groups excluding carboxylic acids is 5. The Morgan fingerprint density at radius 3 is 2.19 bits per heavy atom. The second-order valence-corrected chi connectivity index (χ2v) is 19.3. The van der Waals surface area contributed by atoms with E-state index in [1.54, 1.807) is 10.9 Å². The van der Waals surface area contributed by atoms with Gasteiger partial charge in [-0.15, -0.1) is 0 Å². The van der Waals surface area contributed by atoms with Gasteiger partial charge in [-0.25, -0.2) is 14.1 Å². The third-order valence-electron chi connectivity index (χ3n) is 14.5. The third kappa shape index (κ3) is 8.57. The Morgan fingerprint density at radius 1 is 0.841 bits per heavy atom. The quantitative estimate of drug-likeness (QED) is 0.111. The van der Waals surface area contributed by atoms with Crippen molar-refractivity contribution in [2.24, 2.45) is 0 Å². The minimum absolute atomic E-state index is 0.00983. The molecule has 5 amide bonds. The number of piperazine rings is 1. The maximum absolute atomic E-state index is 15.6. The van der Waals surface area contributed by atoms with Crippen LogP contribution >= 0.6 is 0 Å². The van der Waals surface area contributed by atoms with E-state index in [4.69, 9.17) is 0 Å². The Labute approximate surface area is 394 Å². The van der Waals surface area contributed by atoms with Crippen molar-refractivity contribution < 1.29 is 41.5 Å². The van der Waals surface area contributed by atoms with Gasteiger partial charge in [0.2, 0.25) is 11.8 Å². The molecule has 5 aromatic rings. The Hall–Kier alpha value is -6.80. The topological polar surface area (TPSA) is 182 Å². The van der Waals surface area contributed by atoms with Crippen molar-refractivity contribution in [1.29, 1.82) is 0 Å². The van der Waals surface area contributed by atoms with Crippen LogP contribution in [0.2, 0.25) is 0 Å². The second-order valence-electron chi connectivity index (χ2n) is 19.3. The second kappa shape index (κ2) is 17.6. The molecule has 16 nitrogen and oxygen atoms in total. The molecule has 10 rings (SSSR count). The Balaban J connectivity index is 0.711. The summed E-state index contributed by atoms with van der Waals surface area (Å²) in [6.07, 6.45) is 2.46. The molecule has 0 saturated carbocycles. The highest BCUT2D eigenvalue weighted by molar-refractivity contribution is 6.23. The van der Waals surface area contributed by atoms with E-state index >= 15 is 4.39 Å². The smallest absolute Gasteiger partial charge is 0.369 e. The molecule has 3 unspecified atom stereocenters. The molecule has 20 heteroatoms. The lowest BCUT2D eigenvalue weighted by atomic mass is 9.92. The van der Waals surface area contributed by atoms with Crippen molar-refractivity contribution in [3.8, 4) is 16.8 Å². The zero-order chi connectivity index (χ0) is 48.5. The molecule has 3 N–H and O–H groups in total. The van der Waals surface area contributed by atoms with Gasteiger partial charge in [-0.3, -0.25) is 49.1 Å². The molecule has 4 saturated heterocycles. The number of fused-ring (bicyclic) bond motifs is 3. The SMILES string of the molecule is Cc1cc(-c2ccc(CN3CC4CCC(C3)N4C3CCN(c4cc5c(cc4F)C(=O)N(C4CCC(=O)NC4=O)C5=O)CC3)cc2)ccc1-n1cc(C(=O)NCc2nc(C(C)(C)C(F)(F)F)n[nH]2)cn1. The first kappa shape index (κ1) is 46.0. The van der Waals surface area contributed by atoms with E-state index in [2.05, 4.69) is 71.0 Å². The van der Waals surface area contributed by atoms with Crippen molar-refractivity contribution in [2.75, 3.05) is 31.1 Å². The number of aryl methyl sites for hydroxylation is 1. The summed E-state index contributed by atoms with van der Waals surface area (Å²) in [4.78, 5) is 75.7. The summed E-state index contributed by atoms with van der Waals surface area (Å²) in [5, 5.41) is 15.4. The number of nitrogens with one attached hydrogen (secondary N) is 3. The largest absolute Gasteiger partial charge is 0.401 e. The number of hydrogen-bond acceptors (Lipinski definition) is 11. The molecular weight excluding hydrogens is 899 g/mol. The normalized spacial score (nSPS) is 21.6.